The third kappa shape index (κ3) is 3.90. The zero-order valence-corrected chi connectivity index (χ0v) is 15.6. The Morgan fingerprint density at radius 3 is 2.61 bits per heavy atom. The first-order valence-electron chi connectivity index (χ1n) is 7.27. The van der Waals surface area contributed by atoms with Gasteiger partial charge in [0.05, 0.1) is 18.6 Å². The highest BCUT2D eigenvalue weighted by Gasteiger charge is 2.34. The lowest BCUT2D eigenvalue weighted by Gasteiger charge is -2.12. The fourth-order valence-corrected chi connectivity index (χ4v) is 3.44. The predicted molar refractivity (Wildman–Crippen MR) is 94.8 cm³/mol. The zero-order chi connectivity index (χ0) is 17.0. The van der Waals surface area contributed by atoms with Crippen molar-refractivity contribution in [3.63, 3.8) is 0 Å². The van der Waals surface area contributed by atoms with Gasteiger partial charge in [-0.1, -0.05) is 22.9 Å². The molecule has 5 nitrogen and oxygen atoms in total. The smallest absolute Gasteiger partial charge is 0.293 e. The van der Waals surface area contributed by atoms with Crippen LogP contribution in [0.25, 0.3) is 6.08 Å². The Bertz CT molecular complexity index is 660. The molecule has 124 valence electrons. The van der Waals surface area contributed by atoms with Gasteiger partial charge in [-0.25, -0.2) is 0 Å². The maximum Gasteiger partial charge on any atom is 0.293 e. The van der Waals surface area contributed by atoms with Crippen LogP contribution in [0, 0.1) is 0 Å². The second-order valence-electron chi connectivity index (χ2n) is 4.79. The SMILES string of the molecule is CCCN1C(=O)S/C(=C/c2cc(OC)c(OCC)cc2Br)C1=O. The minimum Gasteiger partial charge on any atom is -0.493 e. The van der Waals surface area contributed by atoms with E-state index < -0.39 is 0 Å². The molecule has 0 saturated carbocycles. The molecule has 0 aliphatic carbocycles. The molecule has 0 N–H and O–H groups in total. The largest absolute Gasteiger partial charge is 0.493 e. The molecule has 23 heavy (non-hydrogen) atoms. The molecule has 1 fully saturated rings. The predicted octanol–water partition coefficient (Wildman–Crippen LogP) is 4.30. The second-order valence-corrected chi connectivity index (χ2v) is 6.64. The maximum atomic E-state index is 12.3. The summed E-state index contributed by atoms with van der Waals surface area (Å²) in [5.74, 6) is 0.953. The van der Waals surface area contributed by atoms with Crippen molar-refractivity contribution < 1.29 is 19.1 Å². The Kier molecular flexibility index (Phi) is 6.12. The van der Waals surface area contributed by atoms with Gasteiger partial charge in [0.15, 0.2) is 11.5 Å². The van der Waals surface area contributed by atoms with Gasteiger partial charge in [-0.2, -0.15) is 0 Å². The first-order valence-corrected chi connectivity index (χ1v) is 8.88. The fraction of sp³-hybridized carbons (Fsp3) is 0.375. The van der Waals surface area contributed by atoms with E-state index >= 15 is 0 Å². The average molecular weight is 400 g/mol. The van der Waals surface area contributed by atoms with Crippen molar-refractivity contribution in [3.8, 4) is 11.5 Å². The van der Waals surface area contributed by atoms with E-state index in [9.17, 15) is 9.59 Å². The Morgan fingerprint density at radius 1 is 1.26 bits per heavy atom. The number of rotatable bonds is 6. The molecule has 1 heterocycles. The molecule has 0 atom stereocenters. The molecule has 1 aliphatic rings. The molecule has 7 heteroatoms. The van der Waals surface area contributed by atoms with E-state index in [4.69, 9.17) is 9.47 Å². The minimum absolute atomic E-state index is 0.225. The van der Waals surface area contributed by atoms with Crippen LogP contribution in [0.3, 0.4) is 0 Å². The van der Waals surface area contributed by atoms with Gasteiger partial charge in [0.25, 0.3) is 11.1 Å². The summed E-state index contributed by atoms with van der Waals surface area (Å²) in [6.07, 6.45) is 2.44. The molecule has 0 unspecified atom stereocenters. The van der Waals surface area contributed by atoms with E-state index in [1.54, 1.807) is 25.3 Å². The van der Waals surface area contributed by atoms with Gasteiger partial charge >= 0.3 is 0 Å². The number of carbonyl (C=O) groups excluding carboxylic acids is 2. The quantitative estimate of drug-likeness (QED) is 0.667. The number of thioether (sulfide) groups is 1. The summed E-state index contributed by atoms with van der Waals surface area (Å²) < 4.78 is 11.6. The molecular formula is C16H18BrNO4S. The number of carbonyl (C=O) groups is 2. The highest BCUT2D eigenvalue weighted by atomic mass is 79.9. The Hall–Kier alpha value is -1.47. The average Bonchev–Trinajstić information content (AvgIpc) is 2.78. The number of halogens is 1. The zero-order valence-electron chi connectivity index (χ0n) is 13.2. The molecule has 1 aliphatic heterocycles. The van der Waals surface area contributed by atoms with Crippen molar-refractivity contribution in [2.45, 2.75) is 20.3 Å². The van der Waals surface area contributed by atoms with E-state index in [1.165, 1.54) is 4.90 Å². The van der Waals surface area contributed by atoms with Crippen molar-refractivity contribution in [1.82, 2.24) is 4.90 Å². The van der Waals surface area contributed by atoms with Gasteiger partial charge < -0.3 is 9.47 Å². The third-order valence-corrected chi connectivity index (χ3v) is 4.78. The van der Waals surface area contributed by atoms with Crippen LogP contribution in [-0.4, -0.2) is 36.3 Å². The normalized spacial score (nSPS) is 16.3. The van der Waals surface area contributed by atoms with E-state index in [1.807, 2.05) is 13.8 Å². The van der Waals surface area contributed by atoms with Crippen LogP contribution in [0.4, 0.5) is 4.79 Å². The minimum atomic E-state index is -0.249. The first-order chi connectivity index (χ1) is 11.0. The van der Waals surface area contributed by atoms with Crippen LogP contribution in [0.5, 0.6) is 11.5 Å². The van der Waals surface area contributed by atoms with Crippen molar-refractivity contribution in [1.29, 1.82) is 0 Å². The molecule has 1 saturated heterocycles. The summed E-state index contributed by atoms with van der Waals surface area (Å²) in [6, 6.07) is 3.58. The van der Waals surface area contributed by atoms with E-state index in [0.717, 1.165) is 28.2 Å². The summed E-state index contributed by atoms with van der Waals surface area (Å²) in [5, 5.41) is -0.225. The van der Waals surface area contributed by atoms with Gasteiger partial charge in [-0.15, -0.1) is 0 Å². The van der Waals surface area contributed by atoms with E-state index in [0.29, 0.717) is 29.6 Å². The molecule has 0 radical (unpaired) electrons. The summed E-state index contributed by atoms with van der Waals surface area (Å²) in [6.45, 7) is 4.79. The van der Waals surface area contributed by atoms with Crippen molar-refractivity contribution >= 4 is 44.9 Å². The Balaban J connectivity index is 2.36. The van der Waals surface area contributed by atoms with E-state index in [-0.39, 0.29) is 11.1 Å². The number of amides is 2. The lowest BCUT2D eigenvalue weighted by molar-refractivity contribution is -0.122. The third-order valence-electron chi connectivity index (χ3n) is 3.19. The van der Waals surface area contributed by atoms with Crippen LogP contribution in [-0.2, 0) is 4.79 Å². The summed E-state index contributed by atoms with van der Waals surface area (Å²) in [7, 11) is 1.56. The monoisotopic (exact) mass is 399 g/mol. The molecule has 0 aromatic heterocycles. The van der Waals surface area contributed by atoms with Crippen molar-refractivity contribution in [2.24, 2.45) is 0 Å². The number of ether oxygens (including phenoxy) is 2. The van der Waals surface area contributed by atoms with Gasteiger partial charge in [0.2, 0.25) is 0 Å². The topological polar surface area (TPSA) is 55.8 Å². The van der Waals surface area contributed by atoms with Crippen molar-refractivity contribution in [3.05, 3.63) is 27.1 Å². The summed E-state index contributed by atoms with van der Waals surface area (Å²) in [5.41, 5.74) is 0.757. The number of hydrogen-bond acceptors (Lipinski definition) is 5. The highest BCUT2D eigenvalue weighted by molar-refractivity contribution is 9.10. The van der Waals surface area contributed by atoms with Gasteiger partial charge in [-0.3, -0.25) is 14.5 Å². The number of benzene rings is 1. The number of hydrogen-bond donors (Lipinski definition) is 0. The van der Waals surface area contributed by atoms with Crippen LogP contribution in [0.15, 0.2) is 21.5 Å². The van der Waals surface area contributed by atoms with Crippen molar-refractivity contribution in [2.75, 3.05) is 20.3 Å². The summed E-state index contributed by atoms with van der Waals surface area (Å²) in [4.78, 5) is 25.9. The molecular weight excluding hydrogens is 382 g/mol. The van der Waals surface area contributed by atoms with E-state index in [2.05, 4.69) is 15.9 Å². The molecule has 1 aromatic carbocycles. The Morgan fingerprint density at radius 2 is 2.00 bits per heavy atom. The number of nitrogens with zero attached hydrogens (tertiary/aromatic N) is 1. The van der Waals surface area contributed by atoms with Crippen LogP contribution in [0.1, 0.15) is 25.8 Å². The summed E-state index contributed by atoms with van der Waals surface area (Å²) >= 11 is 4.43. The number of methoxy groups -OCH3 is 1. The van der Waals surface area contributed by atoms with Crippen LogP contribution in [0.2, 0.25) is 0 Å². The second kappa shape index (κ2) is 7.88. The molecule has 2 amide bonds. The fourth-order valence-electron chi connectivity index (χ4n) is 2.15. The standard InChI is InChI=1S/C16H18BrNO4S/c1-4-6-18-15(19)14(23-16(18)20)8-10-7-12(21-3)13(22-5-2)9-11(10)17/h7-9H,4-6H2,1-3H3/b14-8+. The highest BCUT2D eigenvalue weighted by Crippen LogP contribution is 2.38. The lowest BCUT2D eigenvalue weighted by Crippen LogP contribution is -2.28. The van der Waals surface area contributed by atoms with Crippen LogP contribution >= 0.6 is 27.7 Å². The van der Waals surface area contributed by atoms with Gasteiger partial charge in [-0.05, 0) is 48.9 Å². The molecule has 0 spiro atoms. The maximum absolute atomic E-state index is 12.3. The first kappa shape index (κ1) is 17.9. The molecule has 0 bridgehead atoms. The Labute approximate surface area is 148 Å². The number of imide groups is 1. The molecule has 1 aromatic rings. The van der Waals surface area contributed by atoms with Gasteiger partial charge in [0.1, 0.15) is 0 Å². The molecule has 2 rings (SSSR count). The van der Waals surface area contributed by atoms with Gasteiger partial charge in [0, 0.05) is 11.0 Å². The lowest BCUT2D eigenvalue weighted by atomic mass is 10.2. The van der Waals surface area contributed by atoms with Crippen LogP contribution < -0.4 is 9.47 Å².